The molecule has 2 aromatic carbocycles. The number of nitrogens with one attached hydrogen (secondary N) is 3. The Hall–Kier alpha value is -4.01. The minimum atomic E-state index is -0.379. The molecule has 0 atom stereocenters. The van der Waals surface area contributed by atoms with E-state index in [9.17, 15) is 14.0 Å². The van der Waals surface area contributed by atoms with Gasteiger partial charge in [0.05, 0.1) is 12.2 Å². The van der Waals surface area contributed by atoms with E-state index in [0.717, 1.165) is 24.2 Å². The van der Waals surface area contributed by atoms with Gasteiger partial charge in [0.15, 0.2) is 0 Å². The molecule has 2 amide bonds. The molecule has 0 saturated carbocycles. The van der Waals surface area contributed by atoms with Gasteiger partial charge in [0, 0.05) is 42.2 Å². The minimum absolute atomic E-state index is 0.192. The average Bonchev–Trinajstić information content (AvgIpc) is 3.13. The standard InChI is InChI=1S/C24H27FN6O2/c1-4-13-31-15-19(16(2)30-31)14-26-24(28-22-11-7-20(25)8-12-22)29-23(33)18-5-9-21(10-6-18)27-17(3)32/h5-12,15H,4,13-14H2,1-3H3,(H,27,32)(H2,26,28,29,33). The second kappa shape index (κ2) is 11.0. The molecule has 0 aliphatic rings. The van der Waals surface area contributed by atoms with E-state index in [1.165, 1.54) is 19.1 Å². The zero-order valence-electron chi connectivity index (χ0n) is 18.9. The normalized spacial score (nSPS) is 11.2. The van der Waals surface area contributed by atoms with Crippen molar-refractivity contribution in [3.05, 3.63) is 77.4 Å². The first-order valence-corrected chi connectivity index (χ1v) is 10.6. The number of guanidine groups is 1. The third-order valence-corrected chi connectivity index (χ3v) is 4.71. The molecule has 0 unspecified atom stereocenters. The lowest BCUT2D eigenvalue weighted by atomic mass is 10.2. The van der Waals surface area contributed by atoms with Crippen molar-refractivity contribution in [2.24, 2.45) is 4.99 Å². The molecule has 8 nitrogen and oxygen atoms in total. The van der Waals surface area contributed by atoms with Crippen LogP contribution in [-0.4, -0.2) is 27.6 Å². The number of amides is 2. The summed E-state index contributed by atoms with van der Waals surface area (Å²) in [6.45, 7) is 6.53. The number of carbonyl (C=O) groups excluding carboxylic acids is 2. The summed E-state index contributed by atoms with van der Waals surface area (Å²) < 4.78 is 15.2. The third kappa shape index (κ3) is 6.99. The minimum Gasteiger partial charge on any atom is -0.326 e. The van der Waals surface area contributed by atoms with Crippen molar-refractivity contribution >= 4 is 29.1 Å². The number of hydrogen-bond donors (Lipinski definition) is 3. The summed E-state index contributed by atoms with van der Waals surface area (Å²) in [5.74, 6) is -0.708. The van der Waals surface area contributed by atoms with E-state index in [0.29, 0.717) is 23.5 Å². The van der Waals surface area contributed by atoms with Crippen LogP contribution in [0, 0.1) is 12.7 Å². The van der Waals surface area contributed by atoms with E-state index >= 15 is 0 Å². The fourth-order valence-electron chi connectivity index (χ4n) is 3.09. The van der Waals surface area contributed by atoms with Crippen molar-refractivity contribution in [2.45, 2.75) is 40.3 Å². The van der Waals surface area contributed by atoms with E-state index in [1.807, 2.05) is 17.8 Å². The summed E-state index contributed by atoms with van der Waals surface area (Å²) in [7, 11) is 0. The quantitative estimate of drug-likeness (QED) is 0.373. The van der Waals surface area contributed by atoms with Crippen LogP contribution in [-0.2, 0) is 17.9 Å². The van der Waals surface area contributed by atoms with Gasteiger partial charge in [0.2, 0.25) is 11.9 Å². The first-order valence-electron chi connectivity index (χ1n) is 10.6. The van der Waals surface area contributed by atoms with Gasteiger partial charge in [-0.15, -0.1) is 0 Å². The SMILES string of the molecule is CCCn1cc(CN=C(NC(=O)c2ccc(NC(C)=O)cc2)Nc2ccc(F)cc2)c(C)n1. The summed E-state index contributed by atoms with van der Waals surface area (Å²) in [6, 6.07) is 12.3. The Kier molecular flexibility index (Phi) is 7.91. The van der Waals surface area contributed by atoms with Crippen molar-refractivity contribution < 1.29 is 14.0 Å². The Morgan fingerprint density at radius 1 is 1.03 bits per heavy atom. The first-order chi connectivity index (χ1) is 15.8. The number of nitrogens with zero attached hydrogens (tertiary/aromatic N) is 3. The fraction of sp³-hybridized carbons (Fsp3) is 0.250. The van der Waals surface area contributed by atoms with E-state index in [2.05, 4.69) is 33.0 Å². The van der Waals surface area contributed by atoms with Gasteiger partial charge in [0.25, 0.3) is 5.91 Å². The number of hydrogen-bond acceptors (Lipinski definition) is 4. The van der Waals surface area contributed by atoms with E-state index in [1.54, 1.807) is 36.4 Å². The van der Waals surface area contributed by atoms with Crippen LogP contribution in [0.25, 0.3) is 0 Å². The topological polar surface area (TPSA) is 100 Å². The molecule has 0 bridgehead atoms. The molecule has 0 radical (unpaired) electrons. The lowest BCUT2D eigenvalue weighted by Crippen LogP contribution is -2.36. The van der Waals surface area contributed by atoms with Crippen LogP contribution in [0.4, 0.5) is 15.8 Å². The highest BCUT2D eigenvalue weighted by molar-refractivity contribution is 6.10. The maximum Gasteiger partial charge on any atom is 0.257 e. The molecule has 0 spiro atoms. The molecule has 3 aromatic rings. The Balaban J connectivity index is 1.78. The Morgan fingerprint density at radius 2 is 1.67 bits per heavy atom. The number of aryl methyl sites for hydroxylation is 2. The maximum absolute atomic E-state index is 13.3. The van der Waals surface area contributed by atoms with Gasteiger partial charge < -0.3 is 10.6 Å². The van der Waals surface area contributed by atoms with Gasteiger partial charge in [-0.25, -0.2) is 9.38 Å². The van der Waals surface area contributed by atoms with Gasteiger partial charge in [-0.3, -0.25) is 19.6 Å². The molecule has 3 rings (SSSR count). The highest BCUT2D eigenvalue weighted by Crippen LogP contribution is 2.12. The average molecular weight is 451 g/mol. The Morgan fingerprint density at radius 3 is 2.30 bits per heavy atom. The van der Waals surface area contributed by atoms with Crippen LogP contribution in [0.1, 0.15) is 41.9 Å². The molecule has 9 heteroatoms. The molecule has 33 heavy (non-hydrogen) atoms. The maximum atomic E-state index is 13.3. The van der Waals surface area contributed by atoms with E-state index < -0.39 is 0 Å². The van der Waals surface area contributed by atoms with Crippen molar-refractivity contribution in [3.63, 3.8) is 0 Å². The molecule has 172 valence electrons. The molecule has 3 N–H and O–H groups in total. The van der Waals surface area contributed by atoms with Gasteiger partial charge in [-0.2, -0.15) is 5.10 Å². The molecular formula is C24H27FN6O2. The Labute approximate surface area is 191 Å². The lowest BCUT2D eigenvalue weighted by Gasteiger charge is -2.12. The number of aromatic nitrogens is 2. The van der Waals surface area contributed by atoms with Crippen molar-refractivity contribution in [1.82, 2.24) is 15.1 Å². The lowest BCUT2D eigenvalue weighted by molar-refractivity contribution is -0.114. The van der Waals surface area contributed by atoms with Crippen LogP contribution in [0.15, 0.2) is 59.7 Å². The van der Waals surface area contributed by atoms with Crippen molar-refractivity contribution in [1.29, 1.82) is 0 Å². The van der Waals surface area contributed by atoms with Crippen LogP contribution in [0.5, 0.6) is 0 Å². The zero-order chi connectivity index (χ0) is 23.8. The fourth-order valence-corrected chi connectivity index (χ4v) is 3.09. The monoisotopic (exact) mass is 450 g/mol. The van der Waals surface area contributed by atoms with Crippen LogP contribution in [0.3, 0.4) is 0 Å². The largest absolute Gasteiger partial charge is 0.326 e. The second-order valence-corrected chi connectivity index (χ2v) is 7.51. The van der Waals surface area contributed by atoms with Gasteiger partial charge in [-0.1, -0.05) is 6.92 Å². The van der Waals surface area contributed by atoms with Crippen LogP contribution < -0.4 is 16.0 Å². The molecular weight excluding hydrogens is 423 g/mol. The number of anilines is 2. The Bertz CT molecular complexity index is 1140. The molecule has 0 fully saturated rings. The van der Waals surface area contributed by atoms with E-state index in [4.69, 9.17) is 0 Å². The predicted molar refractivity (Wildman–Crippen MR) is 127 cm³/mol. The number of carbonyl (C=O) groups is 2. The summed E-state index contributed by atoms with van der Waals surface area (Å²) in [6.07, 6.45) is 2.92. The second-order valence-electron chi connectivity index (χ2n) is 7.51. The van der Waals surface area contributed by atoms with Gasteiger partial charge in [-0.05, 0) is 61.9 Å². The summed E-state index contributed by atoms with van der Waals surface area (Å²) in [5, 5.41) is 12.9. The number of aliphatic imine (C=N–C) groups is 1. The number of rotatable bonds is 7. The molecule has 1 heterocycles. The smallest absolute Gasteiger partial charge is 0.257 e. The van der Waals surface area contributed by atoms with Gasteiger partial charge >= 0.3 is 0 Å². The zero-order valence-corrected chi connectivity index (χ0v) is 18.9. The number of halogens is 1. The molecule has 0 aliphatic carbocycles. The predicted octanol–water partition coefficient (Wildman–Crippen LogP) is 4.10. The van der Waals surface area contributed by atoms with Crippen LogP contribution in [0.2, 0.25) is 0 Å². The van der Waals surface area contributed by atoms with Crippen molar-refractivity contribution in [3.8, 4) is 0 Å². The third-order valence-electron chi connectivity index (χ3n) is 4.71. The molecule has 0 saturated heterocycles. The van der Waals surface area contributed by atoms with Crippen LogP contribution >= 0.6 is 0 Å². The summed E-state index contributed by atoms with van der Waals surface area (Å²) in [5.41, 5.74) is 3.38. The molecule has 1 aromatic heterocycles. The van der Waals surface area contributed by atoms with E-state index in [-0.39, 0.29) is 23.6 Å². The highest BCUT2D eigenvalue weighted by Gasteiger charge is 2.11. The summed E-state index contributed by atoms with van der Waals surface area (Å²) in [4.78, 5) is 28.5. The van der Waals surface area contributed by atoms with Gasteiger partial charge in [0.1, 0.15) is 5.82 Å². The van der Waals surface area contributed by atoms with Crippen molar-refractivity contribution in [2.75, 3.05) is 10.6 Å². The first kappa shape index (κ1) is 23.6. The number of benzene rings is 2. The summed E-state index contributed by atoms with van der Waals surface area (Å²) >= 11 is 0. The highest BCUT2D eigenvalue weighted by atomic mass is 19.1. The molecule has 0 aliphatic heterocycles.